The SMILES string of the molecule is CCCn1nc(Br)nc1Oc1cc(F)cc(Cl)c1. The second kappa shape index (κ2) is 5.67. The second-order valence-corrected chi connectivity index (χ2v) is 4.74. The summed E-state index contributed by atoms with van der Waals surface area (Å²) in [6.07, 6.45) is 0.885. The summed E-state index contributed by atoms with van der Waals surface area (Å²) in [4.78, 5) is 4.06. The smallest absolute Gasteiger partial charge is 0.321 e. The molecule has 7 heteroatoms. The highest BCUT2D eigenvalue weighted by molar-refractivity contribution is 9.10. The van der Waals surface area contributed by atoms with E-state index in [1.54, 1.807) is 4.68 Å². The molecule has 0 aliphatic heterocycles. The number of rotatable bonds is 4. The topological polar surface area (TPSA) is 39.9 Å². The first-order chi connectivity index (χ1) is 8.58. The largest absolute Gasteiger partial charge is 0.424 e. The van der Waals surface area contributed by atoms with E-state index >= 15 is 0 Å². The molecule has 0 fully saturated rings. The summed E-state index contributed by atoms with van der Waals surface area (Å²) < 4.78 is 20.7. The van der Waals surface area contributed by atoms with Crippen molar-refractivity contribution in [3.05, 3.63) is 33.8 Å². The molecule has 0 aliphatic carbocycles. The van der Waals surface area contributed by atoms with Gasteiger partial charge in [0.1, 0.15) is 11.6 Å². The molecule has 96 valence electrons. The number of hydrogen-bond donors (Lipinski definition) is 0. The van der Waals surface area contributed by atoms with Gasteiger partial charge in [-0.25, -0.2) is 9.07 Å². The van der Waals surface area contributed by atoms with Gasteiger partial charge in [-0.05, 0) is 34.5 Å². The Balaban J connectivity index is 2.27. The Hall–Kier alpha value is -1.14. The Labute approximate surface area is 117 Å². The molecule has 0 unspecified atom stereocenters. The van der Waals surface area contributed by atoms with Crippen molar-refractivity contribution in [2.24, 2.45) is 0 Å². The molecule has 0 spiro atoms. The lowest BCUT2D eigenvalue weighted by molar-refractivity contribution is 0.393. The molecular formula is C11H10BrClFN3O. The number of ether oxygens (including phenoxy) is 1. The average molecular weight is 335 g/mol. The van der Waals surface area contributed by atoms with E-state index in [2.05, 4.69) is 26.0 Å². The number of halogens is 3. The first-order valence-corrected chi connectivity index (χ1v) is 6.50. The van der Waals surface area contributed by atoms with E-state index in [-0.39, 0.29) is 10.8 Å². The van der Waals surface area contributed by atoms with Crippen LogP contribution in [0, 0.1) is 5.82 Å². The molecule has 18 heavy (non-hydrogen) atoms. The van der Waals surface area contributed by atoms with Gasteiger partial charge in [-0.15, -0.1) is 5.10 Å². The number of aromatic nitrogens is 3. The summed E-state index contributed by atoms with van der Waals surface area (Å²) in [5.74, 6) is -0.171. The van der Waals surface area contributed by atoms with Crippen LogP contribution >= 0.6 is 27.5 Å². The van der Waals surface area contributed by atoms with Crippen molar-refractivity contribution in [2.75, 3.05) is 0 Å². The lowest BCUT2D eigenvalue weighted by atomic mass is 10.3. The van der Waals surface area contributed by atoms with Crippen molar-refractivity contribution < 1.29 is 9.13 Å². The number of aryl methyl sites for hydroxylation is 1. The van der Waals surface area contributed by atoms with E-state index in [0.717, 1.165) is 6.42 Å². The Bertz CT molecular complexity index is 541. The molecule has 0 bridgehead atoms. The lowest BCUT2D eigenvalue weighted by Gasteiger charge is -2.06. The van der Waals surface area contributed by atoms with Crippen LogP contribution in [0.3, 0.4) is 0 Å². The fraction of sp³-hybridized carbons (Fsp3) is 0.273. The van der Waals surface area contributed by atoms with Gasteiger partial charge in [0.15, 0.2) is 0 Å². The summed E-state index contributed by atoms with van der Waals surface area (Å²) in [6, 6.07) is 4.26. The van der Waals surface area contributed by atoms with E-state index < -0.39 is 5.82 Å². The van der Waals surface area contributed by atoms with E-state index in [0.29, 0.717) is 17.3 Å². The van der Waals surface area contributed by atoms with E-state index in [4.69, 9.17) is 16.3 Å². The second-order valence-electron chi connectivity index (χ2n) is 3.59. The predicted octanol–water partition coefficient (Wildman–Crippen LogP) is 4.04. The van der Waals surface area contributed by atoms with Crippen LogP contribution in [0.2, 0.25) is 5.02 Å². The molecule has 0 aliphatic rings. The molecule has 1 aromatic heterocycles. The highest BCUT2D eigenvalue weighted by Crippen LogP contribution is 2.25. The maximum Gasteiger partial charge on any atom is 0.321 e. The first-order valence-electron chi connectivity index (χ1n) is 5.33. The minimum absolute atomic E-state index is 0.269. The molecule has 0 atom stereocenters. The van der Waals surface area contributed by atoms with Gasteiger partial charge >= 0.3 is 6.01 Å². The molecule has 0 amide bonds. The van der Waals surface area contributed by atoms with Gasteiger partial charge in [-0.1, -0.05) is 18.5 Å². The van der Waals surface area contributed by atoms with Crippen molar-refractivity contribution in [2.45, 2.75) is 19.9 Å². The summed E-state index contributed by atoms with van der Waals surface area (Å²) in [5.41, 5.74) is 0. The molecule has 4 nitrogen and oxygen atoms in total. The van der Waals surface area contributed by atoms with Crippen molar-refractivity contribution in [1.82, 2.24) is 14.8 Å². The number of nitrogens with zero attached hydrogens (tertiary/aromatic N) is 3. The molecule has 2 rings (SSSR count). The van der Waals surface area contributed by atoms with Gasteiger partial charge in [-0.3, -0.25) is 0 Å². The van der Waals surface area contributed by atoms with Gasteiger partial charge < -0.3 is 4.74 Å². The van der Waals surface area contributed by atoms with Crippen molar-refractivity contribution in [3.8, 4) is 11.8 Å². The highest BCUT2D eigenvalue weighted by Gasteiger charge is 2.11. The normalized spacial score (nSPS) is 10.7. The Kier molecular flexibility index (Phi) is 4.19. The summed E-state index contributed by atoms with van der Waals surface area (Å²) in [5, 5.41) is 4.38. The average Bonchev–Trinajstić information content (AvgIpc) is 2.58. The molecular weight excluding hydrogens is 324 g/mol. The zero-order valence-electron chi connectivity index (χ0n) is 9.53. The summed E-state index contributed by atoms with van der Waals surface area (Å²) in [7, 11) is 0. The number of benzene rings is 1. The molecule has 0 saturated heterocycles. The van der Waals surface area contributed by atoms with Gasteiger partial charge in [0.2, 0.25) is 4.73 Å². The summed E-state index contributed by atoms with van der Waals surface area (Å²) >= 11 is 8.92. The van der Waals surface area contributed by atoms with Crippen LogP contribution in [0.5, 0.6) is 11.8 Å². The first kappa shape index (κ1) is 13.3. The monoisotopic (exact) mass is 333 g/mol. The van der Waals surface area contributed by atoms with Gasteiger partial charge in [-0.2, -0.15) is 4.98 Å². The highest BCUT2D eigenvalue weighted by atomic mass is 79.9. The van der Waals surface area contributed by atoms with Crippen LogP contribution in [-0.4, -0.2) is 14.8 Å². The molecule has 0 N–H and O–H groups in total. The lowest BCUT2D eigenvalue weighted by Crippen LogP contribution is -2.02. The van der Waals surface area contributed by atoms with E-state index in [9.17, 15) is 4.39 Å². The Morgan fingerprint density at radius 3 is 2.89 bits per heavy atom. The van der Waals surface area contributed by atoms with Crippen molar-refractivity contribution >= 4 is 27.5 Å². The van der Waals surface area contributed by atoms with Crippen LogP contribution in [0.15, 0.2) is 22.9 Å². The maximum absolute atomic E-state index is 13.2. The minimum atomic E-state index is -0.460. The van der Waals surface area contributed by atoms with Gasteiger partial charge in [0.05, 0.1) is 0 Å². The van der Waals surface area contributed by atoms with Gasteiger partial charge in [0.25, 0.3) is 0 Å². The van der Waals surface area contributed by atoms with Crippen LogP contribution in [-0.2, 0) is 6.54 Å². The third-order valence-electron chi connectivity index (χ3n) is 2.09. The minimum Gasteiger partial charge on any atom is -0.424 e. The maximum atomic E-state index is 13.2. The third-order valence-corrected chi connectivity index (χ3v) is 2.65. The van der Waals surface area contributed by atoms with Crippen LogP contribution in [0.1, 0.15) is 13.3 Å². The Morgan fingerprint density at radius 1 is 1.44 bits per heavy atom. The Morgan fingerprint density at radius 2 is 2.22 bits per heavy atom. The standard InChI is InChI=1S/C11H10BrClFN3O/c1-2-3-17-11(15-10(12)16-17)18-9-5-7(13)4-8(14)6-9/h4-6H,2-3H2,1H3. The van der Waals surface area contributed by atoms with Gasteiger partial charge in [0, 0.05) is 17.6 Å². The molecule has 0 radical (unpaired) electrons. The molecule has 1 heterocycles. The third kappa shape index (κ3) is 3.20. The fourth-order valence-corrected chi connectivity index (χ4v) is 1.98. The predicted molar refractivity (Wildman–Crippen MR) is 69.5 cm³/mol. The van der Waals surface area contributed by atoms with E-state index in [1.165, 1.54) is 18.2 Å². The summed E-state index contributed by atoms with van der Waals surface area (Å²) in [6.45, 7) is 2.68. The molecule has 2 aromatic rings. The van der Waals surface area contributed by atoms with Crippen molar-refractivity contribution in [3.63, 3.8) is 0 Å². The quantitative estimate of drug-likeness (QED) is 0.847. The molecule has 0 saturated carbocycles. The number of hydrogen-bond acceptors (Lipinski definition) is 3. The zero-order chi connectivity index (χ0) is 13.1. The zero-order valence-corrected chi connectivity index (χ0v) is 11.9. The fourth-order valence-electron chi connectivity index (χ4n) is 1.43. The van der Waals surface area contributed by atoms with E-state index in [1.807, 2.05) is 6.92 Å². The van der Waals surface area contributed by atoms with Crippen LogP contribution in [0.25, 0.3) is 0 Å². The molecule has 1 aromatic carbocycles. The van der Waals surface area contributed by atoms with Crippen LogP contribution in [0.4, 0.5) is 4.39 Å². The van der Waals surface area contributed by atoms with Crippen molar-refractivity contribution in [1.29, 1.82) is 0 Å². The van der Waals surface area contributed by atoms with Crippen LogP contribution < -0.4 is 4.74 Å².